The van der Waals surface area contributed by atoms with Gasteiger partial charge in [-0.15, -0.1) is 0 Å². The highest BCUT2D eigenvalue weighted by atomic mass is 16.1. The molecular formula is C32H40N4O. The summed E-state index contributed by atoms with van der Waals surface area (Å²) in [5.74, 6) is 0. The first kappa shape index (κ1) is 25.5. The smallest absolute Gasteiger partial charge is 0.248 e. The summed E-state index contributed by atoms with van der Waals surface area (Å²) >= 11 is 0. The molecule has 0 bridgehead atoms. The lowest BCUT2D eigenvalue weighted by molar-refractivity contribution is 0.442. The minimum Gasteiger partial charge on any atom is -0.384 e. The largest absolute Gasteiger partial charge is 0.384 e. The Hall–Kier alpha value is -3.18. The Morgan fingerprint density at radius 1 is 0.757 bits per heavy atom. The van der Waals surface area contributed by atoms with Crippen LogP contribution in [0.2, 0.25) is 0 Å². The topological polar surface area (TPSA) is 69.8 Å². The average molecular weight is 497 g/mol. The number of fused-ring (bicyclic) bond motifs is 3. The van der Waals surface area contributed by atoms with Gasteiger partial charge in [0.2, 0.25) is 5.56 Å². The molecule has 0 spiro atoms. The highest BCUT2D eigenvalue weighted by molar-refractivity contribution is 6.07. The van der Waals surface area contributed by atoms with Crippen molar-refractivity contribution in [3.05, 3.63) is 82.3 Å². The second-order valence-electron chi connectivity index (χ2n) is 10.4. The third kappa shape index (κ3) is 6.58. The van der Waals surface area contributed by atoms with Crippen molar-refractivity contribution < 1.29 is 0 Å². The second-order valence-corrected chi connectivity index (χ2v) is 10.4. The van der Waals surface area contributed by atoms with Crippen LogP contribution in [-0.2, 0) is 6.42 Å². The molecule has 0 saturated heterocycles. The van der Waals surface area contributed by atoms with Crippen LogP contribution in [0.4, 0.5) is 5.69 Å². The lowest BCUT2D eigenvalue weighted by Gasteiger charge is -2.26. The summed E-state index contributed by atoms with van der Waals surface area (Å²) in [4.78, 5) is 19.4. The summed E-state index contributed by atoms with van der Waals surface area (Å²) in [7, 11) is 0. The SMILES string of the molecule is O=c1ccc2c([nH]1)CCC[C@H]2NCCCCCCCCCCNc1c2ccccc2nc2ccccc12. The van der Waals surface area contributed by atoms with Crippen LogP contribution in [-0.4, -0.2) is 23.1 Å². The monoisotopic (exact) mass is 496 g/mol. The zero-order chi connectivity index (χ0) is 25.3. The molecule has 4 aromatic rings. The van der Waals surface area contributed by atoms with Gasteiger partial charge in [-0.1, -0.05) is 81.0 Å². The predicted octanol–water partition coefficient (Wildman–Crippen LogP) is 7.28. The third-order valence-corrected chi connectivity index (χ3v) is 7.72. The van der Waals surface area contributed by atoms with Crippen LogP contribution < -0.4 is 16.2 Å². The summed E-state index contributed by atoms with van der Waals surface area (Å²) in [5, 5.41) is 9.87. The van der Waals surface area contributed by atoms with Gasteiger partial charge in [0.1, 0.15) is 0 Å². The molecule has 37 heavy (non-hydrogen) atoms. The van der Waals surface area contributed by atoms with E-state index in [4.69, 9.17) is 4.98 Å². The summed E-state index contributed by atoms with van der Waals surface area (Å²) < 4.78 is 0. The van der Waals surface area contributed by atoms with Crippen LogP contribution in [0, 0.1) is 0 Å². The quantitative estimate of drug-likeness (QED) is 0.134. The summed E-state index contributed by atoms with van der Waals surface area (Å²) in [5.41, 5.74) is 5.78. The van der Waals surface area contributed by atoms with Crippen molar-refractivity contribution in [1.29, 1.82) is 0 Å². The number of benzene rings is 2. The number of H-pyrrole nitrogens is 1. The molecular weight excluding hydrogens is 456 g/mol. The molecule has 5 nitrogen and oxygen atoms in total. The molecule has 5 rings (SSSR count). The Labute approximate surface area is 220 Å². The van der Waals surface area contributed by atoms with Crippen LogP contribution in [0.1, 0.15) is 81.5 Å². The number of nitrogens with zero attached hydrogens (tertiary/aromatic N) is 1. The van der Waals surface area contributed by atoms with E-state index in [0.29, 0.717) is 6.04 Å². The zero-order valence-corrected chi connectivity index (χ0v) is 21.9. The Kier molecular flexibility index (Phi) is 8.86. The highest BCUT2D eigenvalue weighted by Gasteiger charge is 2.19. The van der Waals surface area contributed by atoms with Crippen LogP contribution in [0.15, 0.2) is 65.5 Å². The molecule has 2 aromatic carbocycles. The van der Waals surface area contributed by atoms with E-state index in [1.807, 2.05) is 6.07 Å². The van der Waals surface area contributed by atoms with Crippen molar-refractivity contribution in [2.24, 2.45) is 0 Å². The van der Waals surface area contributed by atoms with Gasteiger partial charge in [0.15, 0.2) is 0 Å². The van der Waals surface area contributed by atoms with E-state index >= 15 is 0 Å². The number of nitrogens with one attached hydrogen (secondary N) is 3. The molecule has 0 fully saturated rings. The molecule has 5 heteroatoms. The number of pyridine rings is 2. The van der Waals surface area contributed by atoms with E-state index in [1.54, 1.807) is 6.07 Å². The second kappa shape index (κ2) is 12.9. The number of anilines is 1. The van der Waals surface area contributed by atoms with E-state index in [1.165, 1.54) is 79.8 Å². The molecule has 1 atom stereocenters. The summed E-state index contributed by atoms with van der Waals surface area (Å²) in [6.45, 7) is 2.06. The van der Waals surface area contributed by atoms with Gasteiger partial charge in [-0.25, -0.2) is 4.98 Å². The summed E-state index contributed by atoms with van der Waals surface area (Å²) in [6, 6.07) is 20.9. The van der Waals surface area contributed by atoms with Crippen molar-refractivity contribution >= 4 is 27.5 Å². The molecule has 2 heterocycles. The number of unbranched alkanes of at least 4 members (excludes halogenated alkanes) is 7. The van der Waals surface area contributed by atoms with Crippen molar-refractivity contribution in [3.63, 3.8) is 0 Å². The molecule has 0 radical (unpaired) electrons. The standard InChI is InChI=1S/C32H40N4O/c37-31-21-20-24-27(18-13-19-28(24)36-31)33-22-11-5-3-1-2-4-6-12-23-34-32-25-14-7-9-16-29(25)35-30-17-10-8-15-26(30)32/h7-10,14-17,20-21,27,33H,1-6,11-13,18-19,22-23H2,(H,34,35)(H,36,37)/t27-/m1/s1. The number of para-hydroxylation sites is 2. The number of hydrogen-bond acceptors (Lipinski definition) is 4. The molecule has 0 unspecified atom stereocenters. The van der Waals surface area contributed by atoms with Crippen molar-refractivity contribution in [2.75, 3.05) is 18.4 Å². The van der Waals surface area contributed by atoms with Gasteiger partial charge >= 0.3 is 0 Å². The Morgan fingerprint density at radius 3 is 2.08 bits per heavy atom. The average Bonchev–Trinajstić information content (AvgIpc) is 2.93. The molecule has 0 saturated carbocycles. The number of aromatic nitrogens is 2. The predicted molar refractivity (Wildman–Crippen MR) is 155 cm³/mol. The van der Waals surface area contributed by atoms with E-state index in [-0.39, 0.29) is 5.56 Å². The van der Waals surface area contributed by atoms with E-state index in [2.05, 4.69) is 64.1 Å². The van der Waals surface area contributed by atoms with Gasteiger partial charge in [0, 0.05) is 35.1 Å². The van der Waals surface area contributed by atoms with E-state index < -0.39 is 0 Å². The van der Waals surface area contributed by atoms with Crippen molar-refractivity contribution in [1.82, 2.24) is 15.3 Å². The maximum Gasteiger partial charge on any atom is 0.248 e. The number of aromatic amines is 1. The molecule has 2 aromatic heterocycles. The zero-order valence-electron chi connectivity index (χ0n) is 21.9. The molecule has 194 valence electrons. The van der Waals surface area contributed by atoms with Crippen LogP contribution in [0.3, 0.4) is 0 Å². The third-order valence-electron chi connectivity index (χ3n) is 7.72. The van der Waals surface area contributed by atoms with Crippen molar-refractivity contribution in [3.8, 4) is 0 Å². The Bertz CT molecular complexity index is 1310. The van der Waals surface area contributed by atoms with Gasteiger partial charge in [0.25, 0.3) is 0 Å². The van der Waals surface area contributed by atoms with E-state index in [0.717, 1.165) is 42.7 Å². The van der Waals surface area contributed by atoms with E-state index in [9.17, 15) is 4.79 Å². The first-order valence-electron chi connectivity index (χ1n) is 14.3. The van der Waals surface area contributed by atoms with Gasteiger partial charge in [-0.05, 0) is 56.3 Å². The molecule has 0 amide bonds. The molecule has 1 aliphatic carbocycles. The Balaban J connectivity index is 0.947. The van der Waals surface area contributed by atoms with Crippen LogP contribution >= 0.6 is 0 Å². The molecule has 1 aliphatic rings. The fourth-order valence-corrected chi connectivity index (χ4v) is 5.74. The fourth-order valence-electron chi connectivity index (χ4n) is 5.74. The summed E-state index contributed by atoms with van der Waals surface area (Å²) in [6.07, 6.45) is 13.6. The van der Waals surface area contributed by atoms with Crippen LogP contribution in [0.5, 0.6) is 0 Å². The normalized spacial score (nSPS) is 15.2. The Morgan fingerprint density at radius 2 is 1.38 bits per heavy atom. The number of hydrogen-bond donors (Lipinski definition) is 3. The first-order chi connectivity index (χ1) is 18.3. The van der Waals surface area contributed by atoms with Gasteiger partial charge in [0.05, 0.1) is 16.7 Å². The molecule has 0 aliphatic heterocycles. The fraction of sp³-hybridized carbons (Fsp3) is 0.438. The van der Waals surface area contributed by atoms with Gasteiger partial charge in [-0.2, -0.15) is 0 Å². The van der Waals surface area contributed by atoms with Gasteiger partial charge in [-0.3, -0.25) is 4.79 Å². The van der Waals surface area contributed by atoms with Crippen molar-refractivity contribution in [2.45, 2.75) is 76.7 Å². The van der Waals surface area contributed by atoms with Crippen LogP contribution in [0.25, 0.3) is 21.8 Å². The number of aryl methyl sites for hydroxylation is 1. The number of rotatable bonds is 13. The van der Waals surface area contributed by atoms with Gasteiger partial charge < -0.3 is 15.6 Å². The molecule has 3 N–H and O–H groups in total. The lowest BCUT2D eigenvalue weighted by Crippen LogP contribution is -2.28. The maximum absolute atomic E-state index is 11.6. The lowest BCUT2D eigenvalue weighted by atomic mass is 9.91. The highest BCUT2D eigenvalue weighted by Crippen LogP contribution is 2.31. The first-order valence-corrected chi connectivity index (χ1v) is 14.3. The minimum atomic E-state index is 0.0200. The minimum absolute atomic E-state index is 0.0200. The maximum atomic E-state index is 11.6.